The van der Waals surface area contributed by atoms with Gasteiger partial charge in [0.05, 0.1) is 155 Å². The minimum absolute atomic E-state index is 0.0690. The number of ether oxygens (including phenoxy) is 18. The number of esters is 8. The van der Waals surface area contributed by atoms with Gasteiger partial charge in [0.25, 0.3) is 0 Å². The maximum absolute atomic E-state index is 11.7. The minimum atomic E-state index is -0.457. The van der Waals surface area contributed by atoms with Crippen LogP contribution in [0, 0.1) is 22.7 Å². The predicted octanol–water partition coefficient (Wildman–Crippen LogP) is 4.51. The zero-order chi connectivity index (χ0) is 62.4. The van der Waals surface area contributed by atoms with Crippen LogP contribution in [-0.4, -0.2) is 231 Å². The number of carbonyl (C=O) groups excluding carboxylic acids is 8. The number of hydrogen-bond acceptors (Lipinski definition) is 26. The second-order valence-corrected chi connectivity index (χ2v) is 20.6. The average Bonchev–Trinajstić information content (AvgIpc) is 4.32. The third-order valence-corrected chi connectivity index (χ3v) is 13.2. The number of carbonyl (C=O) groups is 8. The van der Waals surface area contributed by atoms with Crippen molar-refractivity contribution in [1.82, 2.24) is 0 Å². The van der Waals surface area contributed by atoms with Gasteiger partial charge >= 0.3 is 47.8 Å². The largest absolute Gasteiger partial charge is 0.464 e. The molecule has 0 aromatic carbocycles. The van der Waals surface area contributed by atoms with Gasteiger partial charge in [-0.1, -0.05) is 41.5 Å². The second-order valence-electron chi connectivity index (χ2n) is 20.6. The Kier molecular flexibility index (Phi) is 43.8. The molecule has 4 fully saturated rings. The van der Waals surface area contributed by atoms with Crippen molar-refractivity contribution >= 4 is 47.8 Å². The van der Waals surface area contributed by atoms with Crippen molar-refractivity contribution in [3.8, 4) is 0 Å². The van der Waals surface area contributed by atoms with Crippen LogP contribution in [0.1, 0.15) is 121 Å². The molecule has 0 radical (unpaired) electrons. The summed E-state index contributed by atoms with van der Waals surface area (Å²) in [6.45, 7) is 27.5. The van der Waals surface area contributed by atoms with Gasteiger partial charge in [-0.05, 0) is 53.4 Å². The highest BCUT2D eigenvalue weighted by Gasteiger charge is 2.31. The van der Waals surface area contributed by atoms with E-state index in [9.17, 15) is 38.4 Å². The normalized spacial score (nSPS) is 19.0. The van der Waals surface area contributed by atoms with Crippen LogP contribution in [-0.2, 0) is 124 Å². The number of cyclic esters (lactones) is 4. The average molecular weight is 1210 g/mol. The molecule has 26 nitrogen and oxygen atoms in total. The molecule has 4 rings (SSSR count). The molecule has 4 saturated heterocycles. The third kappa shape index (κ3) is 36.4. The van der Waals surface area contributed by atoms with Crippen molar-refractivity contribution in [2.75, 3.05) is 159 Å². The summed E-state index contributed by atoms with van der Waals surface area (Å²) >= 11 is 0. The van der Waals surface area contributed by atoms with Gasteiger partial charge in [0, 0.05) is 25.7 Å². The molecule has 0 aromatic heterocycles. The molecule has 0 amide bonds. The maximum Gasteiger partial charge on any atom is 0.335 e. The molecule has 0 aromatic rings. The fraction of sp³-hybridized carbons (Fsp3) is 0.862. The maximum atomic E-state index is 11.7. The second kappa shape index (κ2) is 47.5. The lowest BCUT2D eigenvalue weighted by Crippen LogP contribution is -2.27. The molecule has 0 saturated carbocycles. The molecule has 0 bridgehead atoms. The van der Waals surface area contributed by atoms with Crippen LogP contribution in [0.15, 0.2) is 0 Å². The summed E-state index contributed by atoms with van der Waals surface area (Å²) in [5.74, 6) is -2.15. The molecule has 0 aliphatic carbocycles. The Morgan fingerprint density at radius 3 is 0.786 bits per heavy atom. The van der Waals surface area contributed by atoms with E-state index in [0.717, 1.165) is 25.7 Å². The fourth-order valence-corrected chi connectivity index (χ4v) is 6.45. The van der Waals surface area contributed by atoms with Gasteiger partial charge in [0.1, 0.15) is 26.4 Å². The molecule has 488 valence electrons. The van der Waals surface area contributed by atoms with Crippen LogP contribution in [0.4, 0.5) is 0 Å². The highest BCUT2D eigenvalue weighted by Crippen LogP contribution is 2.22. The van der Waals surface area contributed by atoms with Crippen LogP contribution in [0.5, 0.6) is 0 Å². The lowest BCUT2D eigenvalue weighted by Gasteiger charge is -2.20. The smallest absolute Gasteiger partial charge is 0.335 e. The lowest BCUT2D eigenvalue weighted by atomic mass is 9.91. The SMILES string of the molecule is CCC(C)(C)C(=O)OCCOCCOC1CCOC1=O.CCC(C)(C)C(=O)OCCOCCOCCOC1CCOC1=O.CCC(C)C(=O)OCCOCCOC1CCOC1=O.CCC(C)C(=O)OCCOCCOCCOC1CCOC1=O. The van der Waals surface area contributed by atoms with E-state index in [4.69, 9.17) is 85.3 Å². The zero-order valence-electron chi connectivity index (χ0n) is 51.7. The molecule has 4 aliphatic rings. The van der Waals surface area contributed by atoms with E-state index in [1.54, 1.807) is 0 Å². The Balaban J connectivity index is 0.000000561. The standard InChI is InChI=1S/C16H28O7.C15H26O7.C14H24O6.C13H22O6/c1-4-16(2,3)15(18)23-12-10-20-8-7-19-9-11-21-13-5-6-22-14(13)17;1-3-12(2)14(16)22-11-9-19-7-6-18-8-10-20-13-4-5-21-15(13)17;1-4-14(2,3)13(16)20-10-8-17-7-9-18-11-5-6-19-12(11)15;1-3-10(2)12(14)19-9-7-16-6-8-17-11-4-5-18-13(11)15/h13H,4-12H2,1-3H3;12-13H,3-11H2,1-2H3;11H,4-10H2,1-3H3;10-11H,3-9H2,1-2H3. The van der Waals surface area contributed by atoms with E-state index in [1.807, 2.05) is 69.2 Å². The predicted molar refractivity (Wildman–Crippen MR) is 297 cm³/mol. The lowest BCUT2D eigenvalue weighted by molar-refractivity contribution is -0.156. The Hall–Kier alpha value is -4.64. The Morgan fingerprint density at radius 1 is 0.369 bits per heavy atom. The van der Waals surface area contributed by atoms with Crippen LogP contribution in [0.3, 0.4) is 0 Å². The molecule has 0 N–H and O–H groups in total. The van der Waals surface area contributed by atoms with Crippen molar-refractivity contribution in [1.29, 1.82) is 0 Å². The van der Waals surface area contributed by atoms with Crippen LogP contribution >= 0.6 is 0 Å². The van der Waals surface area contributed by atoms with Crippen molar-refractivity contribution in [2.45, 2.75) is 145 Å². The fourth-order valence-electron chi connectivity index (χ4n) is 6.45. The third-order valence-electron chi connectivity index (χ3n) is 13.2. The first-order valence-corrected chi connectivity index (χ1v) is 29.5. The van der Waals surface area contributed by atoms with Crippen LogP contribution in [0.2, 0.25) is 0 Å². The quantitative estimate of drug-likeness (QED) is 0.0461. The van der Waals surface area contributed by atoms with E-state index in [2.05, 4.69) is 0 Å². The van der Waals surface area contributed by atoms with E-state index in [1.165, 1.54) is 0 Å². The summed E-state index contributed by atoms with van der Waals surface area (Å²) in [6.07, 6.45) is 3.63. The zero-order valence-corrected chi connectivity index (χ0v) is 51.7. The summed E-state index contributed by atoms with van der Waals surface area (Å²) in [7, 11) is 0. The molecule has 84 heavy (non-hydrogen) atoms. The Morgan fingerprint density at radius 2 is 0.583 bits per heavy atom. The summed E-state index contributed by atoms with van der Waals surface area (Å²) in [5.41, 5.74) is -0.902. The number of hydrogen-bond donors (Lipinski definition) is 0. The van der Waals surface area contributed by atoms with Crippen molar-refractivity contribution in [3.63, 3.8) is 0 Å². The molecule has 4 heterocycles. The van der Waals surface area contributed by atoms with Crippen molar-refractivity contribution in [3.05, 3.63) is 0 Å². The number of rotatable bonds is 42. The summed E-state index contributed by atoms with van der Waals surface area (Å²) in [6, 6.07) is 0. The van der Waals surface area contributed by atoms with Crippen LogP contribution < -0.4 is 0 Å². The molecule has 0 spiro atoms. The van der Waals surface area contributed by atoms with Gasteiger partial charge in [-0.3, -0.25) is 19.2 Å². The molecule has 4 aliphatic heterocycles. The molecule has 26 heteroatoms. The first-order chi connectivity index (χ1) is 40.2. The van der Waals surface area contributed by atoms with Gasteiger partial charge in [-0.15, -0.1) is 0 Å². The van der Waals surface area contributed by atoms with Crippen LogP contribution in [0.25, 0.3) is 0 Å². The van der Waals surface area contributed by atoms with Gasteiger partial charge in [0.2, 0.25) is 0 Å². The summed E-state index contributed by atoms with van der Waals surface area (Å²) < 4.78 is 92.4. The molecule has 6 unspecified atom stereocenters. The van der Waals surface area contributed by atoms with Gasteiger partial charge in [0.15, 0.2) is 24.4 Å². The summed E-state index contributed by atoms with van der Waals surface area (Å²) in [4.78, 5) is 90.4. The van der Waals surface area contributed by atoms with E-state index in [-0.39, 0.29) is 86.0 Å². The van der Waals surface area contributed by atoms with E-state index in [0.29, 0.717) is 158 Å². The molecular formula is C58H100O26. The Labute approximate surface area is 496 Å². The van der Waals surface area contributed by atoms with E-state index >= 15 is 0 Å². The Bertz CT molecular complexity index is 1830. The van der Waals surface area contributed by atoms with Gasteiger partial charge in [-0.2, -0.15) is 0 Å². The minimum Gasteiger partial charge on any atom is -0.464 e. The molecular weight excluding hydrogens is 1110 g/mol. The highest BCUT2D eigenvalue weighted by atomic mass is 16.6. The van der Waals surface area contributed by atoms with E-state index < -0.39 is 35.2 Å². The molecule has 6 atom stereocenters. The monoisotopic (exact) mass is 1210 g/mol. The van der Waals surface area contributed by atoms with Gasteiger partial charge < -0.3 is 85.3 Å². The van der Waals surface area contributed by atoms with Gasteiger partial charge in [-0.25, -0.2) is 19.2 Å². The topological polar surface area (TPSA) is 303 Å². The highest BCUT2D eigenvalue weighted by molar-refractivity contribution is 5.78. The van der Waals surface area contributed by atoms with Crippen molar-refractivity contribution < 1.29 is 124 Å². The van der Waals surface area contributed by atoms with Crippen molar-refractivity contribution in [2.24, 2.45) is 22.7 Å². The summed E-state index contributed by atoms with van der Waals surface area (Å²) in [5, 5.41) is 0. The first kappa shape index (κ1) is 77.4. The first-order valence-electron chi connectivity index (χ1n) is 29.5.